The van der Waals surface area contributed by atoms with Crippen molar-refractivity contribution in [2.24, 2.45) is 0 Å². The lowest BCUT2D eigenvalue weighted by atomic mass is 9.97. The van der Waals surface area contributed by atoms with E-state index < -0.39 is 11.5 Å². The van der Waals surface area contributed by atoms with Crippen molar-refractivity contribution in [3.8, 4) is 0 Å². The zero-order chi connectivity index (χ0) is 14.0. The number of amides is 1. The van der Waals surface area contributed by atoms with Gasteiger partial charge >= 0.3 is 5.97 Å². The van der Waals surface area contributed by atoms with E-state index in [9.17, 15) is 14.7 Å². The van der Waals surface area contributed by atoms with Crippen molar-refractivity contribution in [2.45, 2.75) is 25.8 Å². The van der Waals surface area contributed by atoms with Crippen LogP contribution in [0.3, 0.4) is 0 Å². The predicted molar refractivity (Wildman–Crippen MR) is 69.2 cm³/mol. The number of nitrogens with one attached hydrogen (secondary N) is 1. The van der Waals surface area contributed by atoms with E-state index in [2.05, 4.69) is 5.32 Å². The van der Waals surface area contributed by atoms with Crippen LogP contribution in [0.15, 0.2) is 18.2 Å². The summed E-state index contributed by atoms with van der Waals surface area (Å²) in [5, 5.41) is 11.9. The minimum absolute atomic E-state index is 0.0128. The molecule has 5 nitrogen and oxygen atoms in total. The van der Waals surface area contributed by atoms with Gasteiger partial charge in [-0.25, -0.2) is 4.79 Å². The van der Waals surface area contributed by atoms with Gasteiger partial charge in [-0.1, -0.05) is 17.7 Å². The van der Waals surface area contributed by atoms with Gasteiger partial charge < -0.3 is 15.2 Å². The molecule has 1 unspecified atom stereocenters. The second-order valence-electron chi connectivity index (χ2n) is 4.96. The monoisotopic (exact) mass is 263 g/mol. The Morgan fingerprint density at radius 3 is 2.68 bits per heavy atom. The van der Waals surface area contributed by atoms with E-state index in [-0.39, 0.29) is 12.5 Å². The van der Waals surface area contributed by atoms with Gasteiger partial charge in [0.1, 0.15) is 0 Å². The molecule has 1 atom stereocenters. The van der Waals surface area contributed by atoms with E-state index in [1.807, 2.05) is 26.0 Å². The van der Waals surface area contributed by atoms with E-state index in [1.165, 1.54) is 0 Å². The van der Waals surface area contributed by atoms with Crippen molar-refractivity contribution in [1.29, 1.82) is 0 Å². The third-order valence-electron chi connectivity index (χ3n) is 3.42. The van der Waals surface area contributed by atoms with Crippen LogP contribution in [0.2, 0.25) is 0 Å². The molecule has 1 heterocycles. The average Bonchev–Trinajstić information content (AvgIpc) is 2.82. The number of carboxylic acid groups (broad SMARTS) is 1. The molecule has 0 aliphatic carbocycles. The highest BCUT2D eigenvalue weighted by Crippen LogP contribution is 2.20. The lowest BCUT2D eigenvalue weighted by Gasteiger charge is -2.24. The maximum absolute atomic E-state index is 12.3. The fourth-order valence-electron chi connectivity index (χ4n) is 2.15. The van der Waals surface area contributed by atoms with Gasteiger partial charge in [-0.05, 0) is 25.5 Å². The highest BCUT2D eigenvalue weighted by molar-refractivity contribution is 5.99. The Balaban J connectivity index is 2.25. The zero-order valence-corrected chi connectivity index (χ0v) is 11.0. The zero-order valence-electron chi connectivity index (χ0n) is 11.0. The summed E-state index contributed by atoms with van der Waals surface area (Å²) in [7, 11) is 0. The fraction of sp³-hybridized carbons (Fsp3) is 0.429. The summed E-state index contributed by atoms with van der Waals surface area (Å²) in [5.41, 5.74) is 0.991. The number of carbonyl (C=O) groups is 2. The van der Waals surface area contributed by atoms with Crippen molar-refractivity contribution in [3.05, 3.63) is 34.9 Å². The Morgan fingerprint density at radius 2 is 2.11 bits per heavy atom. The molecule has 0 bridgehead atoms. The molecule has 19 heavy (non-hydrogen) atoms. The molecule has 1 aromatic rings. The van der Waals surface area contributed by atoms with Gasteiger partial charge in [0.2, 0.25) is 0 Å². The fourth-order valence-corrected chi connectivity index (χ4v) is 2.15. The Labute approximate surface area is 111 Å². The summed E-state index contributed by atoms with van der Waals surface area (Å²) in [6.07, 6.45) is 0.291. The first-order chi connectivity index (χ1) is 8.94. The van der Waals surface area contributed by atoms with Gasteiger partial charge in [-0.2, -0.15) is 0 Å². The number of rotatable bonds is 3. The number of benzene rings is 1. The number of hydrogen-bond acceptors (Lipinski definition) is 3. The Hall–Kier alpha value is -1.88. The molecule has 102 valence electrons. The molecule has 0 radical (unpaired) electrons. The van der Waals surface area contributed by atoms with E-state index in [0.29, 0.717) is 18.6 Å². The minimum Gasteiger partial charge on any atom is -0.479 e. The number of carboxylic acids is 1. The summed E-state index contributed by atoms with van der Waals surface area (Å²) in [6, 6.07) is 5.52. The molecule has 5 heteroatoms. The van der Waals surface area contributed by atoms with Gasteiger partial charge in [0, 0.05) is 18.6 Å². The maximum Gasteiger partial charge on any atom is 0.331 e. The SMILES string of the molecule is Cc1ccc(C)c(C(=O)NC2(C(=O)O)CCOC2)c1. The third-order valence-corrected chi connectivity index (χ3v) is 3.42. The summed E-state index contributed by atoms with van der Waals surface area (Å²) < 4.78 is 5.12. The smallest absolute Gasteiger partial charge is 0.331 e. The molecule has 0 spiro atoms. The lowest BCUT2D eigenvalue weighted by molar-refractivity contribution is -0.144. The largest absolute Gasteiger partial charge is 0.479 e. The normalized spacial score (nSPS) is 22.2. The van der Waals surface area contributed by atoms with Crippen LogP contribution < -0.4 is 5.32 Å². The Bertz CT molecular complexity index is 518. The van der Waals surface area contributed by atoms with Crippen molar-refractivity contribution < 1.29 is 19.4 Å². The first-order valence-electron chi connectivity index (χ1n) is 6.15. The molecular weight excluding hydrogens is 246 g/mol. The van der Waals surface area contributed by atoms with Crippen molar-refractivity contribution in [3.63, 3.8) is 0 Å². The number of aryl methyl sites for hydroxylation is 2. The summed E-state index contributed by atoms with van der Waals surface area (Å²) in [6.45, 7) is 4.08. The van der Waals surface area contributed by atoms with Crippen LogP contribution in [-0.4, -0.2) is 35.7 Å². The van der Waals surface area contributed by atoms with Crippen LogP contribution in [0.1, 0.15) is 27.9 Å². The van der Waals surface area contributed by atoms with Crippen LogP contribution in [0.5, 0.6) is 0 Å². The first-order valence-corrected chi connectivity index (χ1v) is 6.15. The van der Waals surface area contributed by atoms with E-state index in [0.717, 1.165) is 11.1 Å². The second-order valence-corrected chi connectivity index (χ2v) is 4.96. The first kappa shape index (κ1) is 13.5. The topological polar surface area (TPSA) is 75.6 Å². The molecule has 2 rings (SSSR count). The Kier molecular flexibility index (Phi) is 3.57. The quantitative estimate of drug-likeness (QED) is 0.861. The summed E-state index contributed by atoms with van der Waals surface area (Å²) in [4.78, 5) is 23.6. The van der Waals surface area contributed by atoms with Crippen LogP contribution in [0.4, 0.5) is 0 Å². The predicted octanol–water partition coefficient (Wildman–Crippen LogP) is 1.28. The van der Waals surface area contributed by atoms with Gasteiger partial charge in [0.15, 0.2) is 5.54 Å². The summed E-state index contributed by atoms with van der Waals surface area (Å²) >= 11 is 0. The van der Waals surface area contributed by atoms with Crippen LogP contribution in [0, 0.1) is 13.8 Å². The molecular formula is C14H17NO4. The lowest BCUT2D eigenvalue weighted by Crippen LogP contribution is -2.55. The number of hydrogen-bond donors (Lipinski definition) is 2. The molecule has 0 saturated carbocycles. The van der Waals surface area contributed by atoms with Gasteiger partial charge in [0.05, 0.1) is 6.61 Å². The van der Waals surface area contributed by atoms with Crippen molar-refractivity contribution in [1.82, 2.24) is 5.32 Å². The van der Waals surface area contributed by atoms with Crippen molar-refractivity contribution in [2.75, 3.05) is 13.2 Å². The van der Waals surface area contributed by atoms with Crippen molar-refractivity contribution >= 4 is 11.9 Å². The maximum atomic E-state index is 12.3. The van der Waals surface area contributed by atoms with Crippen LogP contribution >= 0.6 is 0 Å². The van der Waals surface area contributed by atoms with Crippen LogP contribution in [-0.2, 0) is 9.53 Å². The molecule has 1 aromatic carbocycles. The second kappa shape index (κ2) is 5.01. The number of ether oxygens (including phenoxy) is 1. The van der Waals surface area contributed by atoms with Gasteiger partial charge in [-0.3, -0.25) is 4.79 Å². The minimum atomic E-state index is -1.30. The van der Waals surface area contributed by atoms with E-state index >= 15 is 0 Å². The van der Waals surface area contributed by atoms with Crippen LogP contribution in [0.25, 0.3) is 0 Å². The number of aliphatic carboxylic acids is 1. The average molecular weight is 263 g/mol. The molecule has 2 N–H and O–H groups in total. The molecule has 1 amide bonds. The molecule has 0 aromatic heterocycles. The standard InChI is InChI=1S/C14H17NO4/c1-9-3-4-10(2)11(7-9)12(16)15-14(13(17)18)5-6-19-8-14/h3-4,7H,5-6,8H2,1-2H3,(H,15,16)(H,17,18). The van der Waals surface area contributed by atoms with E-state index in [1.54, 1.807) is 6.07 Å². The molecule has 1 aliphatic heterocycles. The molecule has 1 fully saturated rings. The Morgan fingerprint density at radius 1 is 1.37 bits per heavy atom. The highest BCUT2D eigenvalue weighted by atomic mass is 16.5. The number of carbonyl (C=O) groups excluding carboxylic acids is 1. The highest BCUT2D eigenvalue weighted by Gasteiger charge is 2.44. The molecule has 1 saturated heterocycles. The third kappa shape index (κ3) is 2.61. The summed E-state index contributed by atoms with van der Waals surface area (Å²) in [5.74, 6) is -1.42. The van der Waals surface area contributed by atoms with Gasteiger partial charge in [-0.15, -0.1) is 0 Å². The molecule has 1 aliphatic rings. The van der Waals surface area contributed by atoms with Gasteiger partial charge in [0.25, 0.3) is 5.91 Å². The van der Waals surface area contributed by atoms with E-state index in [4.69, 9.17) is 4.74 Å².